The second kappa shape index (κ2) is 6.40. The normalized spacial score (nSPS) is 10.3. The van der Waals surface area contributed by atoms with E-state index in [4.69, 9.17) is 5.73 Å². The Morgan fingerprint density at radius 2 is 2.00 bits per heavy atom. The zero-order valence-corrected chi connectivity index (χ0v) is 9.25. The van der Waals surface area contributed by atoms with Crippen molar-refractivity contribution in [1.29, 1.82) is 0 Å². The number of benzene rings is 1. The van der Waals surface area contributed by atoms with Gasteiger partial charge in [-0.1, -0.05) is 18.2 Å². The van der Waals surface area contributed by atoms with Crippen LogP contribution < -0.4 is 10.6 Å². The molecule has 0 saturated heterocycles. The summed E-state index contributed by atoms with van der Waals surface area (Å²) in [4.78, 5) is 2.06. The lowest BCUT2D eigenvalue weighted by Crippen LogP contribution is -2.28. The fourth-order valence-electron chi connectivity index (χ4n) is 1.66. The minimum atomic E-state index is -0.321. The predicted octanol–water partition coefficient (Wildman–Crippen LogP) is 2.12. The number of alkyl halides is 1. The van der Waals surface area contributed by atoms with E-state index in [-0.39, 0.29) is 6.67 Å². The Kier molecular flexibility index (Phi) is 5.12. The van der Waals surface area contributed by atoms with Crippen LogP contribution in [0.15, 0.2) is 24.3 Å². The van der Waals surface area contributed by atoms with Crippen molar-refractivity contribution in [3.05, 3.63) is 29.8 Å². The molecule has 0 heterocycles. The smallest absolute Gasteiger partial charge is 0.107 e. The van der Waals surface area contributed by atoms with E-state index in [9.17, 15) is 4.39 Å². The van der Waals surface area contributed by atoms with E-state index >= 15 is 0 Å². The summed E-state index contributed by atoms with van der Waals surface area (Å²) in [5, 5.41) is 0. The number of hydrogen-bond acceptors (Lipinski definition) is 2. The standard InChI is InChI=1S/C12H19FN2/c1-11-5-2-3-6-12(11)15(10-7-13)9-4-8-14/h2-3,5-6H,4,7-10,14H2,1H3. The summed E-state index contributed by atoms with van der Waals surface area (Å²) >= 11 is 0. The first-order chi connectivity index (χ1) is 7.29. The number of halogens is 1. The van der Waals surface area contributed by atoms with Crippen molar-refractivity contribution >= 4 is 5.69 Å². The van der Waals surface area contributed by atoms with Crippen molar-refractivity contribution in [3.63, 3.8) is 0 Å². The van der Waals surface area contributed by atoms with E-state index in [0.29, 0.717) is 13.1 Å². The number of rotatable bonds is 6. The highest BCUT2D eigenvalue weighted by atomic mass is 19.1. The van der Waals surface area contributed by atoms with Crippen molar-refractivity contribution in [3.8, 4) is 0 Å². The molecule has 3 heteroatoms. The van der Waals surface area contributed by atoms with Crippen molar-refractivity contribution in [2.45, 2.75) is 13.3 Å². The summed E-state index contributed by atoms with van der Waals surface area (Å²) in [7, 11) is 0. The van der Waals surface area contributed by atoms with E-state index in [1.807, 2.05) is 31.2 Å². The predicted molar refractivity (Wildman–Crippen MR) is 63.0 cm³/mol. The molecule has 0 aliphatic heterocycles. The largest absolute Gasteiger partial charge is 0.369 e. The van der Waals surface area contributed by atoms with Gasteiger partial charge < -0.3 is 10.6 Å². The van der Waals surface area contributed by atoms with Gasteiger partial charge in [0.1, 0.15) is 6.67 Å². The lowest BCUT2D eigenvalue weighted by Gasteiger charge is -2.25. The molecule has 0 saturated carbocycles. The molecule has 2 nitrogen and oxygen atoms in total. The molecular weight excluding hydrogens is 191 g/mol. The molecule has 0 aliphatic carbocycles. The van der Waals surface area contributed by atoms with E-state index in [1.54, 1.807) is 0 Å². The number of hydrogen-bond donors (Lipinski definition) is 1. The third kappa shape index (κ3) is 3.51. The van der Waals surface area contributed by atoms with Crippen LogP contribution >= 0.6 is 0 Å². The molecule has 0 spiro atoms. The van der Waals surface area contributed by atoms with Crippen LogP contribution in [-0.4, -0.2) is 26.3 Å². The molecule has 2 N–H and O–H groups in total. The molecule has 0 unspecified atom stereocenters. The molecule has 1 aromatic carbocycles. The van der Waals surface area contributed by atoms with Gasteiger partial charge in [-0.25, -0.2) is 4.39 Å². The van der Waals surface area contributed by atoms with E-state index in [0.717, 1.165) is 18.7 Å². The van der Waals surface area contributed by atoms with Gasteiger partial charge in [-0.05, 0) is 31.5 Å². The van der Waals surface area contributed by atoms with Crippen LogP contribution in [-0.2, 0) is 0 Å². The maximum Gasteiger partial charge on any atom is 0.107 e. The zero-order chi connectivity index (χ0) is 11.1. The SMILES string of the molecule is Cc1ccccc1N(CCF)CCCN. The second-order valence-electron chi connectivity index (χ2n) is 3.60. The fourth-order valence-corrected chi connectivity index (χ4v) is 1.66. The van der Waals surface area contributed by atoms with Crippen molar-refractivity contribution < 1.29 is 4.39 Å². The first kappa shape index (κ1) is 12.0. The van der Waals surface area contributed by atoms with Gasteiger partial charge in [-0.3, -0.25) is 0 Å². The number of nitrogens with zero attached hydrogens (tertiary/aromatic N) is 1. The van der Waals surface area contributed by atoms with Gasteiger partial charge in [0.05, 0.1) is 0 Å². The lowest BCUT2D eigenvalue weighted by atomic mass is 10.1. The van der Waals surface area contributed by atoms with Gasteiger partial charge in [0, 0.05) is 18.8 Å². The Labute approximate surface area is 90.9 Å². The highest BCUT2D eigenvalue weighted by Crippen LogP contribution is 2.19. The summed E-state index contributed by atoms with van der Waals surface area (Å²) < 4.78 is 12.4. The minimum absolute atomic E-state index is 0.321. The Bertz CT molecular complexity index is 289. The first-order valence-corrected chi connectivity index (χ1v) is 5.36. The van der Waals surface area contributed by atoms with Crippen LogP contribution in [0.2, 0.25) is 0 Å². The molecule has 0 aliphatic rings. The monoisotopic (exact) mass is 210 g/mol. The number of nitrogens with two attached hydrogens (primary N) is 1. The molecule has 15 heavy (non-hydrogen) atoms. The molecule has 0 atom stereocenters. The fraction of sp³-hybridized carbons (Fsp3) is 0.500. The van der Waals surface area contributed by atoms with Gasteiger partial charge in [0.2, 0.25) is 0 Å². The number of para-hydroxylation sites is 1. The van der Waals surface area contributed by atoms with E-state index < -0.39 is 0 Å². The highest BCUT2D eigenvalue weighted by molar-refractivity contribution is 5.52. The van der Waals surface area contributed by atoms with Gasteiger partial charge in [0.15, 0.2) is 0 Å². The van der Waals surface area contributed by atoms with Gasteiger partial charge in [-0.2, -0.15) is 0 Å². The summed E-state index contributed by atoms with van der Waals surface area (Å²) in [6, 6.07) is 8.05. The molecule has 0 bridgehead atoms. The zero-order valence-electron chi connectivity index (χ0n) is 9.25. The Morgan fingerprint density at radius 1 is 1.27 bits per heavy atom. The van der Waals surface area contributed by atoms with Crippen LogP contribution in [0, 0.1) is 6.92 Å². The maximum absolute atomic E-state index is 12.4. The lowest BCUT2D eigenvalue weighted by molar-refractivity contribution is 0.488. The van der Waals surface area contributed by atoms with Crippen molar-refractivity contribution in [2.24, 2.45) is 5.73 Å². The topological polar surface area (TPSA) is 29.3 Å². The Morgan fingerprint density at radius 3 is 2.60 bits per heavy atom. The molecule has 0 radical (unpaired) electrons. The molecule has 1 rings (SSSR count). The third-order valence-corrected chi connectivity index (χ3v) is 2.44. The van der Waals surface area contributed by atoms with Gasteiger partial charge in [0.25, 0.3) is 0 Å². The molecule has 1 aromatic rings. The third-order valence-electron chi connectivity index (χ3n) is 2.44. The van der Waals surface area contributed by atoms with Gasteiger partial charge >= 0.3 is 0 Å². The van der Waals surface area contributed by atoms with Crippen LogP contribution in [0.25, 0.3) is 0 Å². The molecule has 0 amide bonds. The van der Waals surface area contributed by atoms with Crippen molar-refractivity contribution in [1.82, 2.24) is 0 Å². The first-order valence-electron chi connectivity index (χ1n) is 5.36. The average molecular weight is 210 g/mol. The molecule has 0 aromatic heterocycles. The average Bonchev–Trinajstić information content (AvgIpc) is 2.25. The highest BCUT2D eigenvalue weighted by Gasteiger charge is 2.07. The van der Waals surface area contributed by atoms with E-state index in [2.05, 4.69) is 4.90 Å². The van der Waals surface area contributed by atoms with Crippen LogP contribution in [0.3, 0.4) is 0 Å². The summed E-state index contributed by atoms with van der Waals surface area (Å²) in [5.74, 6) is 0. The summed E-state index contributed by atoms with van der Waals surface area (Å²) in [6.45, 7) is 3.65. The Balaban J connectivity index is 2.74. The van der Waals surface area contributed by atoms with Crippen LogP contribution in [0.4, 0.5) is 10.1 Å². The van der Waals surface area contributed by atoms with Crippen LogP contribution in [0.1, 0.15) is 12.0 Å². The molecular formula is C12H19FN2. The molecule has 84 valence electrons. The van der Waals surface area contributed by atoms with Gasteiger partial charge in [-0.15, -0.1) is 0 Å². The summed E-state index contributed by atoms with van der Waals surface area (Å²) in [5.41, 5.74) is 7.77. The Hall–Kier alpha value is -1.09. The van der Waals surface area contributed by atoms with Crippen molar-refractivity contribution in [2.75, 3.05) is 31.2 Å². The maximum atomic E-state index is 12.4. The van der Waals surface area contributed by atoms with Crippen LogP contribution in [0.5, 0.6) is 0 Å². The molecule has 0 fully saturated rings. The second-order valence-corrected chi connectivity index (χ2v) is 3.60. The van der Waals surface area contributed by atoms with E-state index in [1.165, 1.54) is 5.56 Å². The number of anilines is 1. The minimum Gasteiger partial charge on any atom is -0.369 e. The quantitative estimate of drug-likeness (QED) is 0.779. The summed E-state index contributed by atoms with van der Waals surface area (Å²) in [6.07, 6.45) is 0.897. The number of aryl methyl sites for hydroxylation is 1.